The van der Waals surface area contributed by atoms with Crippen LogP contribution in [0, 0.1) is 0 Å². The SMILES string of the molecule is C[C@H]1N(c2ccc(Br)cc2)C(=O)N(c2ccc(Br)cc2)C1(O)c1cccc(C(F)(F)F)c1. The van der Waals surface area contributed by atoms with Crippen LogP contribution < -0.4 is 9.80 Å². The Morgan fingerprint density at radius 1 is 0.906 bits per heavy atom. The highest BCUT2D eigenvalue weighted by atomic mass is 79.9. The van der Waals surface area contributed by atoms with E-state index in [-0.39, 0.29) is 5.56 Å². The summed E-state index contributed by atoms with van der Waals surface area (Å²) < 4.78 is 41.8. The van der Waals surface area contributed by atoms with Crippen LogP contribution in [0.15, 0.2) is 81.7 Å². The van der Waals surface area contributed by atoms with E-state index in [9.17, 15) is 23.1 Å². The second-order valence-corrected chi connectivity index (χ2v) is 9.25. The first-order valence-electron chi connectivity index (χ1n) is 9.58. The number of amides is 2. The first-order valence-corrected chi connectivity index (χ1v) is 11.2. The summed E-state index contributed by atoms with van der Waals surface area (Å²) in [6, 6.07) is 16.6. The number of nitrogens with zero attached hydrogens (tertiary/aromatic N) is 2. The molecule has 1 heterocycles. The van der Waals surface area contributed by atoms with Gasteiger partial charge in [-0.1, -0.05) is 44.0 Å². The summed E-state index contributed by atoms with van der Waals surface area (Å²) in [5.74, 6) is 0. The van der Waals surface area contributed by atoms with Crippen molar-refractivity contribution in [3.05, 3.63) is 92.9 Å². The van der Waals surface area contributed by atoms with Gasteiger partial charge in [0.2, 0.25) is 0 Å². The van der Waals surface area contributed by atoms with E-state index >= 15 is 0 Å². The Bertz CT molecular complexity index is 1150. The maximum absolute atomic E-state index is 13.6. The molecule has 9 heteroatoms. The lowest BCUT2D eigenvalue weighted by Gasteiger charge is -2.36. The van der Waals surface area contributed by atoms with Crippen LogP contribution in [0.3, 0.4) is 0 Å². The van der Waals surface area contributed by atoms with Crippen LogP contribution in [0.1, 0.15) is 18.1 Å². The highest BCUT2D eigenvalue weighted by molar-refractivity contribution is 9.10. The highest BCUT2D eigenvalue weighted by Gasteiger charge is 2.57. The number of carbonyl (C=O) groups is 1. The van der Waals surface area contributed by atoms with Gasteiger partial charge in [0.15, 0.2) is 5.72 Å². The molecule has 166 valence electrons. The van der Waals surface area contributed by atoms with Gasteiger partial charge >= 0.3 is 12.2 Å². The Balaban J connectivity index is 1.91. The van der Waals surface area contributed by atoms with E-state index in [2.05, 4.69) is 31.9 Å². The lowest BCUT2D eigenvalue weighted by Crippen LogP contribution is -2.48. The molecule has 0 bridgehead atoms. The van der Waals surface area contributed by atoms with Crippen molar-refractivity contribution in [3.63, 3.8) is 0 Å². The van der Waals surface area contributed by atoms with Gasteiger partial charge < -0.3 is 5.11 Å². The zero-order chi connectivity index (χ0) is 23.3. The van der Waals surface area contributed by atoms with Gasteiger partial charge in [-0.15, -0.1) is 0 Å². The Kier molecular flexibility index (Phi) is 5.85. The molecule has 3 aromatic rings. The van der Waals surface area contributed by atoms with E-state index in [0.29, 0.717) is 11.4 Å². The van der Waals surface area contributed by atoms with Gasteiger partial charge in [-0.3, -0.25) is 9.80 Å². The maximum Gasteiger partial charge on any atom is 0.416 e. The van der Waals surface area contributed by atoms with Crippen molar-refractivity contribution in [1.82, 2.24) is 0 Å². The van der Waals surface area contributed by atoms with Crippen LogP contribution in [0.25, 0.3) is 0 Å². The van der Waals surface area contributed by atoms with Crippen LogP contribution in [-0.4, -0.2) is 17.2 Å². The van der Waals surface area contributed by atoms with Crippen molar-refractivity contribution < 1.29 is 23.1 Å². The number of anilines is 2. The average Bonchev–Trinajstić information content (AvgIpc) is 2.95. The van der Waals surface area contributed by atoms with E-state index in [1.165, 1.54) is 17.0 Å². The molecular weight excluding hydrogens is 553 g/mol. The van der Waals surface area contributed by atoms with Crippen molar-refractivity contribution >= 4 is 49.3 Å². The fourth-order valence-corrected chi connectivity index (χ4v) is 4.44. The molecule has 1 fully saturated rings. The number of rotatable bonds is 3. The highest BCUT2D eigenvalue weighted by Crippen LogP contribution is 2.45. The van der Waals surface area contributed by atoms with E-state index in [4.69, 9.17) is 0 Å². The molecule has 0 aliphatic carbocycles. The van der Waals surface area contributed by atoms with Crippen LogP contribution in [0.4, 0.5) is 29.3 Å². The van der Waals surface area contributed by atoms with Gasteiger partial charge in [-0.05, 0) is 67.6 Å². The largest absolute Gasteiger partial charge is 0.416 e. The predicted octanol–water partition coefficient (Wildman–Crippen LogP) is 6.91. The minimum absolute atomic E-state index is 0.0318. The first-order chi connectivity index (χ1) is 15.0. The van der Waals surface area contributed by atoms with Crippen LogP contribution in [-0.2, 0) is 11.9 Å². The molecular formula is C23H17Br2F3N2O2. The minimum Gasteiger partial charge on any atom is -0.365 e. The van der Waals surface area contributed by atoms with Gasteiger partial charge in [0, 0.05) is 25.9 Å². The van der Waals surface area contributed by atoms with E-state index in [0.717, 1.165) is 26.0 Å². The summed E-state index contributed by atoms with van der Waals surface area (Å²) in [5, 5.41) is 11.9. The molecule has 3 aromatic carbocycles. The fraction of sp³-hybridized carbons (Fsp3) is 0.174. The van der Waals surface area contributed by atoms with Gasteiger partial charge in [0.25, 0.3) is 0 Å². The number of hydrogen-bond donors (Lipinski definition) is 1. The fourth-order valence-electron chi connectivity index (χ4n) is 3.91. The van der Waals surface area contributed by atoms with Crippen molar-refractivity contribution in [3.8, 4) is 0 Å². The zero-order valence-corrected chi connectivity index (χ0v) is 19.8. The molecule has 1 aliphatic heterocycles. The van der Waals surface area contributed by atoms with E-state index in [1.54, 1.807) is 55.5 Å². The lowest BCUT2D eigenvalue weighted by atomic mass is 9.93. The molecule has 0 radical (unpaired) electrons. The second kappa shape index (κ2) is 8.20. The summed E-state index contributed by atoms with van der Waals surface area (Å²) in [6.45, 7) is 1.61. The van der Waals surface area contributed by atoms with Crippen molar-refractivity contribution in [1.29, 1.82) is 0 Å². The third kappa shape index (κ3) is 3.82. The Hall–Kier alpha value is -2.36. The first kappa shape index (κ1) is 22.8. The third-order valence-corrected chi connectivity index (χ3v) is 6.57. The Labute approximate surface area is 199 Å². The summed E-state index contributed by atoms with van der Waals surface area (Å²) in [7, 11) is 0. The van der Waals surface area contributed by atoms with Crippen LogP contribution >= 0.6 is 31.9 Å². The standard InChI is InChI=1S/C23H17Br2F3N2O2/c1-14-22(32,15-3-2-4-16(13-15)23(26,27)28)30(20-11-7-18(25)8-12-20)21(31)29(14)19-9-5-17(24)6-10-19/h2-14,32H,1H3/t14-,22?/m1/s1. The predicted molar refractivity (Wildman–Crippen MR) is 123 cm³/mol. The molecule has 0 aromatic heterocycles. The summed E-state index contributed by atoms with van der Waals surface area (Å²) >= 11 is 6.69. The number of hydrogen-bond acceptors (Lipinski definition) is 2. The van der Waals surface area contributed by atoms with Crippen molar-refractivity contribution in [2.24, 2.45) is 0 Å². The van der Waals surface area contributed by atoms with Gasteiger partial charge in [0.1, 0.15) is 0 Å². The molecule has 32 heavy (non-hydrogen) atoms. The van der Waals surface area contributed by atoms with Crippen LogP contribution in [0.2, 0.25) is 0 Å². The number of urea groups is 1. The monoisotopic (exact) mass is 568 g/mol. The zero-order valence-electron chi connectivity index (χ0n) is 16.6. The molecule has 0 saturated carbocycles. The smallest absolute Gasteiger partial charge is 0.365 e. The molecule has 1 saturated heterocycles. The van der Waals surface area contributed by atoms with E-state index < -0.39 is 29.5 Å². The Morgan fingerprint density at radius 3 is 1.97 bits per heavy atom. The third-order valence-electron chi connectivity index (χ3n) is 5.51. The normalized spacial score (nSPS) is 21.3. The molecule has 1 unspecified atom stereocenters. The number of aliphatic hydroxyl groups is 1. The molecule has 0 spiro atoms. The Morgan fingerprint density at radius 2 is 1.44 bits per heavy atom. The van der Waals surface area contributed by atoms with Gasteiger partial charge in [-0.2, -0.15) is 13.2 Å². The second-order valence-electron chi connectivity index (χ2n) is 7.42. The number of benzene rings is 3. The van der Waals surface area contributed by atoms with E-state index in [1.807, 2.05) is 0 Å². The molecule has 2 amide bonds. The summed E-state index contributed by atoms with van der Waals surface area (Å²) in [5.41, 5.74) is -2.13. The summed E-state index contributed by atoms with van der Waals surface area (Å²) in [6.07, 6.45) is -4.59. The van der Waals surface area contributed by atoms with Crippen LogP contribution in [0.5, 0.6) is 0 Å². The molecule has 4 nitrogen and oxygen atoms in total. The van der Waals surface area contributed by atoms with Gasteiger partial charge in [0.05, 0.1) is 11.6 Å². The molecule has 1 N–H and O–H groups in total. The average molecular weight is 570 g/mol. The topological polar surface area (TPSA) is 43.8 Å². The number of alkyl halides is 3. The molecule has 1 aliphatic rings. The lowest BCUT2D eigenvalue weighted by molar-refractivity contribution is -0.137. The van der Waals surface area contributed by atoms with Crippen molar-refractivity contribution in [2.75, 3.05) is 9.80 Å². The number of halogens is 5. The summed E-state index contributed by atoms with van der Waals surface area (Å²) in [4.78, 5) is 16.1. The quantitative estimate of drug-likeness (QED) is 0.372. The van der Waals surface area contributed by atoms with Crippen molar-refractivity contribution in [2.45, 2.75) is 24.9 Å². The number of carbonyl (C=O) groups excluding carboxylic acids is 1. The molecule has 4 rings (SSSR count). The van der Waals surface area contributed by atoms with Gasteiger partial charge in [-0.25, -0.2) is 4.79 Å². The molecule has 2 atom stereocenters. The maximum atomic E-state index is 13.6. The minimum atomic E-state index is -4.59.